The highest BCUT2D eigenvalue weighted by Crippen LogP contribution is 2.43. The predicted octanol–water partition coefficient (Wildman–Crippen LogP) is 3.09. The lowest BCUT2D eigenvalue weighted by Gasteiger charge is -2.16. The number of nitrogens with zero attached hydrogens (tertiary/aromatic N) is 2. The van der Waals surface area contributed by atoms with Crippen LogP contribution in [-0.2, 0) is 19.4 Å². The SMILES string of the molecule is NC(=O)c1c(N)sc2c1CCc1c-2cnn1Cc1ccccc1Cl. The van der Waals surface area contributed by atoms with Crippen LogP contribution in [0.1, 0.15) is 27.2 Å². The van der Waals surface area contributed by atoms with Crippen LogP contribution in [0.15, 0.2) is 30.5 Å². The fraction of sp³-hybridized carbons (Fsp3) is 0.176. The number of hydrogen-bond acceptors (Lipinski definition) is 4. The molecule has 1 aliphatic rings. The summed E-state index contributed by atoms with van der Waals surface area (Å²) in [6, 6.07) is 7.76. The van der Waals surface area contributed by atoms with Gasteiger partial charge in [-0.2, -0.15) is 5.10 Å². The van der Waals surface area contributed by atoms with Gasteiger partial charge in [0.25, 0.3) is 5.91 Å². The van der Waals surface area contributed by atoms with E-state index in [9.17, 15) is 4.79 Å². The van der Waals surface area contributed by atoms with E-state index in [0.717, 1.165) is 45.1 Å². The molecule has 5 nitrogen and oxygen atoms in total. The third kappa shape index (κ3) is 2.30. The molecule has 4 N–H and O–H groups in total. The first-order valence-electron chi connectivity index (χ1n) is 7.55. The van der Waals surface area contributed by atoms with Gasteiger partial charge >= 0.3 is 0 Å². The molecule has 0 fully saturated rings. The van der Waals surface area contributed by atoms with Gasteiger partial charge in [-0.05, 0) is 30.0 Å². The highest BCUT2D eigenvalue weighted by molar-refractivity contribution is 7.20. The molecule has 0 unspecified atom stereocenters. The topological polar surface area (TPSA) is 86.9 Å². The molecule has 0 saturated carbocycles. The van der Waals surface area contributed by atoms with Gasteiger partial charge in [0.05, 0.1) is 23.3 Å². The fourth-order valence-corrected chi connectivity index (χ4v) is 4.59. The Kier molecular flexibility index (Phi) is 3.58. The van der Waals surface area contributed by atoms with E-state index in [-0.39, 0.29) is 0 Å². The third-order valence-corrected chi connectivity index (χ3v) is 5.83. The minimum atomic E-state index is -0.461. The number of amides is 1. The number of nitrogens with two attached hydrogens (primary N) is 2. The monoisotopic (exact) mass is 358 g/mol. The van der Waals surface area contributed by atoms with Gasteiger partial charge in [0.1, 0.15) is 0 Å². The molecule has 0 radical (unpaired) electrons. The van der Waals surface area contributed by atoms with Crippen molar-refractivity contribution in [3.8, 4) is 10.4 Å². The van der Waals surface area contributed by atoms with Crippen molar-refractivity contribution < 1.29 is 4.79 Å². The molecule has 3 aromatic rings. The smallest absolute Gasteiger partial charge is 0.251 e. The number of rotatable bonds is 3. The Balaban J connectivity index is 1.77. The van der Waals surface area contributed by atoms with Crippen LogP contribution >= 0.6 is 22.9 Å². The maximum atomic E-state index is 11.7. The number of aromatic nitrogens is 2. The molecule has 2 aromatic heterocycles. The second-order valence-electron chi connectivity index (χ2n) is 5.77. The quantitative estimate of drug-likeness (QED) is 0.754. The fourth-order valence-electron chi connectivity index (χ4n) is 3.24. The summed E-state index contributed by atoms with van der Waals surface area (Å²) in [6.45, 7) is 0.619. The van der Waals surface area contributed by atoms with Crippen molar-refractivity contribution in [2.45, 2.75) is 19.4 Å². The summed E-state index contributed by atoms with van der Waals surface area (Å²) in [5.74, 6) is -0.461. The summed E-state index contributed by atoms with van der Waals surface area (Å²) in [7, 11) is 0. The zero-order chi connectivity index (χ0) is 16.8. The van der Waals surface area contributed by atoms with E-state index in [4.69, 9.17) is 23.1 Å². The van der Waals surface area contributed by atoms with Crippen LogP contribution in [0, 0.1) is 0 Å². The van der Waals surface area contributed by atoms with Gasteiger partial charge in [-0.15, -0.1) is 11.3 Å². The van der Waals surface area contributed by atoms with Crippen LogP contribution < -0.4 is 11.5 Å². The average Bonchev–Trinajstić information content (AvgIpc) is 3.09. The van der Waals surface area contributed by atoms with Crippen LogP contribution in [-0.4, -0.2) is 15.7 Å². The molecule has 1 aromatic carbocycles. The standard InChI is InChI=1S/C17H15ClN4OS/c18-12-4-2-1-3-9(12)8-22-13-6-5-10-14(16(19)23)17(20)24-15(10)11(13)7-21-22/h1-4,7H,5-6,8,20H2,(H2,19,23). The Hall–Kier alpha value is -2.31. The number of fused-ring (bicyclic) bond motifs is 3. The van der Waals surface area contributed by atoms with Crippen molar-refractivity contribution in [3.05, 3.63) is 57.9 Å². The lowest BCUT2D eigenvalue weighted by atomic mass is 9.93. The van der Waals surface area contributed by atoms with Crippen molar-refractivity contribution in [3.63, 3.8) is 0 Å². The number of carbonyl (C=O) groups is 1. The van der Waals surface area contributed by atoms with Crippen LogP contribution in [0.4, 0.5) is 5.00 Å². The van der Waals surface area contributed by atoms with Gasteiger partial charge < -0.3 is 11.5 Å². The van der Waals surface area contributed by atoms with Crippen molar-refractivity contribution in [2.24, 2.45) is 5.73 Å². The Bertz CT molecular complexity index is 960. The lowest BCUT2D eigenvalue weighted by Crippen LogP contribution is -2.16. The molecule has 4 rings (SSSR count). The van der Waals surface area contributed by atoms with Gasteiger partial charge in [-0.25, -0.2) is 0 Å². The number of nitrogen functional groups attached to an aromatic ring is 1. The summed E-state index contributed by atoms with van der Waals surface area (Å²) in [5.41, 5.74) is 16.1. The molecule has 0 spiro atoms. The van der Waals surface area contributed by atoms with E-state index in [2.05, 4.69) is 5.10 Å². The molecule has 7 heteroatoms. The van der Waals surface area contributed by atoms with Crippen molar-refractivity contribution in [1.82, 2.24) is 9.78 Å². The zero-order valence-electron chi connectivity index (χ0n) is 12.8. The van der Waals surface area contributed by atoms with E-state index < -0.39 is 5.91 Å². The molecule has 1 aliphatic carbocycles. The summed E-state index contributed by atoms with van der Waals surface area (Å²) in [6.07, 6.45) is 3.37. The normalized spacial score (nSPS) is 12.7. The van der Waals surface area contributed by atoms with Gasteiger partial charge in [0.2, 0.25) is 0 Å². The average molecular weight is 359 g/mol. The van der Waals surface area contributed by atoms with Gasteiger partial charge in [0.15, 0.2) is 0 Å². The second kappa shape index (κ2) is 5.65. The first kappa shape index (κ1) is 15.2. The van der Waals surface area contributed by atoms with Gasteiger partial charge in [0, 0.05) is 21.2 Å². The third-order valence-electron chi connectivity index (χ3n) is 4.36. The van der Waals surface area contributed by atoms with Crippen LogP contribution in [0.5, 0.6) is 0 Å². The number of thiophene rings is 1. The maximum Gasteiger partial charge on any atom is 0.251 e. The predicted molar refractivity (Wildman–Crippen MR) is 96.4 cm³/mol. The molecule has 0 bridgehead atoms. The van der Waals surface area contributed by atoms with Crippen LogP contribution in [0.2, 0.25) is 5.02 Å². The maximum absolute atomic E-state index is 11.7. The first-order valence-corrected chi connectivity index (χ1v) is 8.75. The summed E-state index contributed by atoms with van der Waals surface area (Å²) >= 11 is 7.67. The molecule has 2 heterocycles. The van der Waals surface area contributed by atoms with Gasteiger partial charge in [-0.3, -0.25) is 9.48 Å². The van der Waals surface area contributed by atoms with Crippen molar-refractivity contribution in [1.29, 1.82) is 0 Å². The summed E-state index contributed by atoms with van der Waals surface area (Å²) < 4.78 is 1.97. The summed E-state index contributed by atoms with van der Waals surface area (Å²) in [4.78, 5) is 12.7. The first-order chi connectivity index (χ1) is 11.6. The number of hydrogen-bond donors (Lipinski definition) is 2. The Morgan fingerprint density at radius 1 is 1.33 bits per heavy atom. The molecule has 0 atom stereocenters. The van der Waals surface area contributed by atoms with E-state index >= 15 is 0 Å². The second-order valence-corrected chi connectivity index (χ2v) is 7.23. The Labute approximate surface area is 147 Å². The minimum Gasteiger partial charge on any atom is -0.390 e. The molecular formula is C17H15ClN4OS. The van der Waals surface area contributed by atoms with E-state index in [1.807, 2.05) is 35.1 Å². The number of benzene rings is 1. The molecule has 0 aliphatic heterocycles. The molecule has 0 saturated heterocycles. The number of halogens is 1. The highest BCUT2D eigenvalue weighted by atomic mass is 35.5. The van der Waals surface area contributed by atoms with Crippen LogP contribution in [0.3, 0.4) is 0 Å². The molecule has 24 heavy (non-hydrogen) atoms. The summed E-state index contributed by atoms with van der Waals surface area (Å²) in [5, 5.41) is 5.74. The minimum absolute atomic E-state index is 0.461. The number of primary amides is 1. The molecular weight excluding hydrogens is 344 g/mol. The van der Waals surface area contributed by atoms with E-state index in [1.54, 1.807) is 0 Å². The van der Waals surface area contributed by atoms with Crippen molar-refractivity contribution >= 4 is 33.8 Å². The Morgan fingerprint density at radius 2 is 2.12 bits per heavy atom. The van der Waals surface area contributed by atoms with Crippen LogP contribution in [0.25, 0.3) is 10.4 Å². The van der Waals surface area contributed by atoms with Gasteiger partial charge in [-0.1, -0.05) is 29.8 Å². The Morgan fingerprint density at radius 3 is 2.88 bits per heavy atom. The molecule has 1 amide bonds. The zero-order valence-corrected chi connectivity index (χ0v) is 14.3. The van der Waals surface area contributed by atoms with E-state index in [0.29, 0.717) is 17.1 Å². The lowest BCUT2D eigenvalue weighted by molar-refractivity contribution is 0.100. The molecule has 122 valence electrons. The van der Waals surface area contributed by atoms with Crippen molar-refractivity contribution in [2.75, 3.05) is 5.73 Å². The highest BCUT2D eigenvalue weighted by Gasteiger charge is 2.28. The number of anilines is 1. The van der Waals surface area contributed by atoms with E-state index in [1.165, 1.54) is 11.3 Å². The number of carbonyl (C=O) groups excluding carboxylic acids is 1. The largest absolute Gasteiger partial charge is 0.390 e.